The van der Waals surface area contributed by atoms with Crippen LogP contribution in [0.4, 0.5) is 4.39 Å². The fraction of sp³-hybridized carbons (Fsp3) is 0.250. The Hall–Kier alpha value is -3.41. The van der Waals surface area contributed by atoms with Crippen LogP contribution in [0.3, 0.4) is 0 Å². The lowest BCUT2D eigenvalue weighted by atomic mass is 10.1. The van der Waals surface area contributed by atoms with Gasteiger partial charge in [-0.2, -0.15) is 0 Å². The molecule has 6 heteroatoms. The van der Waals surface area contributed by atoms with Crippen molar-refractivity contribution in [2.24, 2.45) is 0 Å². The second-order valence-electron chi connectivity index (χ2n) is 7.10. The normalized spacial score (nSPS) is 10.7. The van der Waals surface area contributed by atoms with Gasteiger partial charge in [-0.3, -0.25) is 4.79 Å². The number of carbonyl (C=O) groups excluding carboxylic acids is 2. The molecule has 0 atom stereocenters. The molecule has 30 heavy (non-hydrogen) atoms. The summed E-state index contributed by atoms with van der Waals surface area (Å²) in [6.45, 7) is 6.19. The van der Waals surface area contributed by atoms with Crippen LogP contribution in [0.2, 0.25) is 0 Å². The molecule has 156 valence electrons. The smallest absolute Gasteiger partial charge is 0.339 e. The largest absolute Gasteiger partial charge is 0.462 e. The van der Waals surface area contributed by atoms with Gasteiger partial charge in [0, 0.05) is 17.9 Å². The number of hydrogen-bond acceptors (Lipinski definition) is 3. The number of amides is 1. The molecule has 0 spiro atoms. The number of aromatic nitrogens is 1. The summed E-state index contributed by atoms with van der Waals surface area (Å²) in [6.07, 6.45) is 0. The highest BCUT2D eigenvalue weighted by molar-refractivity contribution is 5.93. The number of ether oxygens (including phenoxy) is 1. The zero-order valence-electron chi connectivity index (χ0n) is 17.4. The number of benzene rings is 2. The molecule has 1 aromatic heterocycles. The molecule has 0 fully saturated rings. The van der Waals surface area contributed by atoms with Crippen LogP contribution in [-0.4, -0.2) is 23.1 Å². The summed E-state index contributed by atoms with van der Waals surface area (Å²) >= 11 is 0. The minimum atomic E-state index is -0.408. The number of rotatable bonds is 7. The predicted octanol–water partition coefficient (Wildman–Crippen LogP) is 4.40. The van der Waals surface area contributed by atoms with E-state index in [0.717, 1.165) is 22.4 Å². The van der Waals surface area contributed by atoms with Crippen molar-refractivity contribution in [3.63, 3.8) is 0 Å². The lowest BCUT2D eigenvalue weighted by Crippen LogP contribution is -2.27. The quantitative estimate of drug-likeness (QED) is 0.590. The highest BCUT2D eigenvalue weighted by atomic mass is 19.1. The molecule has 0 aliphatic carbocycles. The summed E-state index contributed by atoms with van der Waals surface area (Å²) in [4.78, 5) is 25.0. The zero-order chi connectivity index (χ0) is 21.7. The average molecular weight is 408 g/mol. The molecule has 1 amide bonds. The molecule has 0 saturated heterocycles. The van der Waals surface area contributed by atoms with Gasteiger partial charge in [0.15, 0.2) is 0 Å². The molecule has 0 saturated carbocycles. The fourth-order valence-corrected chi connectivity index (χ4v) is 3.23. The third-order valence-corrected chi connectivity index (χ3v) is 4.91. The summed E-state index contributed by atoms with van der Waals surface area (Å²) in [5.74, 6) is -0.932. The predicted molar refractivity (Wildman–Crippen MR) is 114 cm³/mol. The molecular formula is C24H25FN2O3. The van der Waals surface area contributed by atoms with Crippen LogP contribution in [0.25, 0.3) is 11.3 Å². The van der Waals surface area contributed by atoms with Crippen molar-refractivity contribution in [1.82, 2.24) is 9.88 Å². The Morgan fingerprint density at radius 1 is 1.03 bits per heavy atom. The van der Waals surface area contributed by atoms with Crippen molar-refractivity contribution < 1.29 is 18.7 Å². The molecule has 0 bridgehead atoms. The first kappa shape index (κ1) is 21.3. The minimum absolute atomic E-state index is 0.0512. The van der Waals surface area contributed by atoms with Crippen LogP contribution in [0, 0.1) is 19.7 Å². The van der Waals surface area contributed by atoms with Crippen LogP contribution in [-0.2, 0) is 22.6 Å². The van der Waals surface area contributed by atoms with Crippen molar-refractivity contribution in [1.29, 1.82) is 0 Å². The molecule has 0 aliphatic heterocycles. The van der Waals surface area contributed by atoms with Gasteiger partial charge in [0.1, 0.15) is 12.4 Å². The SMILES string of the molecule is CCOC(=O)c1cc(-c2ccc(C)cc2)n(CC(=O)NCc2ccc(F)cc2)c1C. The Bertz CT molecular complexity index is 1040. The first-order valence-electron chi connectivity index (χ1n) is 9.84. The molecule has 1 N–H and O–H groups in total. The second kappa shape index (κ2) is 9.39. The number of aryl methyl sites for hydroxylation is 1. The summed E-state index contributed by atoms with van der Waals surface area (Å²) in [6, 6.07) is 15.7. The monoisotopic (exact) mass is 408 g/mol. The van der Waals surface area contributed by atoms with Gasteiger partial charge in [0.05, 0.1) is 12.2 Å². The van der Waals surface area contributed by atoms with E-state index >= 15 is 0 Å². The van der Waals surface area contributed by atoms with Crippen molar-refractivity contribution in [3.8, 4) is 11.3 Å². The fourth-order valence-electron chi connectivity index (χ4n) is 3.23. The van der Waals surface area contributed by atoms with Crippen molar-refractivity contribution >= 4 is 11.9 Å². The Morgan fingerprint density at radius 2 is 1.70 bits per heavy atom. The van der Waals surface area contributed by atoms with E-state index in [4.69, 9.17) is 4.74 Å². The van der Waals surface area contributed by atoms with E-state index in [9.17, 15) is 14.0 Å². The van der Waals surface area contributed by atoms with Gasteiger partial charge in [-0.25, -0.2) is 9.18 Å². The topological polar surface area (TPSA) is 60.3 Å². The number of nitrogens with one attached hydrogen (secondary N) is 1. The van der Waals surface area contributed by atoms with Crippen molar-refractivity contribution in [2.45, 2.75) is 33.9 Å². The molecular weight excluding hydrogens is 383 g/mol. The average Bonchev–Trinajstić information content (AvgIpc) is 3.05. The summed E-state index contributed by atoms with van der Waals surface area (Å²) in [5, 5.41) is 2.85. The van der Waals surface area contributed by atoms with E-state index in [0.29, 0.717) is 17.8 Å². The molecule has 5 nitrogen and oxygen atoms in total. The van der Waals surface area contributed by atoms with Crippen LogP contribution >= 0.6 is 0 Å². The van der Waals surface area contributed by atoms with E-state index in [1.807, 2.05) is 35.8 Å². The molecule has 0 radical (unpaired) electrons. The van der Waals surface area contributed by atoms with Crippen LogP contribution in [0.5, 0.6) is 0 Å². The van der Waals surface area contributed by atoms with Gasteiger partial charge in [-0.1, -0.05) is 42.0 Å². The van der Waals surface area contributed by atoms with Crippen molar-refractivity contribution in [3.05, 3.63) is 82.8 Å². The maximum absolute atomic E-state index is 13.0. The van der Waals surface area contributed by atoms with Gasteiger partial charge in [0.25, 0.3) is 0 Å². The molecule has 3 rings (SSSR count). The van der Waals surface area contributed by atoms with E-state index in [1.165, 1.54) is 12.1 Å². The lowest BCUT2D eigenvalue weighted by molar-refractivity contribution is -0.121. The number of nitrogens with zero attached hydrogens (tertiary/aromatic N) is 1. The highest BCUT2D eigenvalue weighted by Crippen LogP contribution is 2.27. The van der Waals surface area contributed by atoms with E-state index in [1.54, 1.807) is 32.0 Å². The number of esters is 1. The van der Waals surface area contributed by atoms with Gasteiger partial charge in [0.2, 0.25) is 5.91 Å². The Kier molecular flexibility index (Phi) is 6.67. The maximum atomic E-state index is 13.0. The third-order valence-electron chi connectivity index (χ3n) is 4.91. The Balaban J connectivity index is 1.85. The zero-order valence-corrected chi connectivity index (χ0v) is 17.4. The second-order valence-corrected chi connectivity index (χ2v) is 7.10. The summed E-state index contributed by atoms with van der Waals surface area (Å²) in [7, 11) is 0. The Morgan fingerprint density at radius 3 is 2.33 bits per heavy atom. The molecule has 2 aromatic carbocycles. The number of hydrogen-bond donors (Lipinski definition) is 1. The molecule has 0 unspecified atom stereocenters. The summed E-state index contributed by atoms with van der Waals surface area (Å²) in [5.41, 5.74) is 4.72. The Labute approximate surface area is 175 Å². The van der Waals surface area contributed by atoms with Crippen LogP contribution in [0.1, 0.15) is 34.1 Å². The lowest BCUT2D eigenvalue weighted by Gasteiger charge is -2.13. The van der Waals surface area contributed by atoms with E-state index < -0.39 is 5.97 Å². The van der Waals surface area contributed by atoms with Gasteiger partial charge in [-0.05, 0) is 50.1 Å². The highest BCUT2D eigenvalue weighted by Gasteiger charge is 2.20. The van der Waals surface area contributed by atoms with Gasteiger partial charge >= 0.3 is 5.97 Å². The molecule has 0 aliphatic rings. The van der Waals surface area contributed by atoms with Gasteiger partial charge in [-0.15, -0.1) is 0 Å². The van der Waals surface area contributed by atoms with Gasteiger partial charge < -0.3 is 14.6 Å². The minimum Gasteiger partial charge on any atom is -0.462 e. The van der Waals surface area contributed by atoms with Crippen molar-refractivity contribution in [2.75, 3.05) is 6.61 Å². The summed E-state index contributed by atoms with van der Waals surface area (Å²) < 4.78 is 20.0. The van der Waals surface area contributed by atoms with E-state index in [-0.39, 0.29) is 24.9 Å². The number of carbonyl (C=O) groups is 2. The van der Waals surface area contributed by atoms with Crippen LogP contribution < -0.4 is 5.32 Å². The first-order valence-corrected chi connectivity index (χ1v) is 9.84. The van der Waals surface area contributed by atoms with E-state index in [2.05, 4.69) is 5.32 Å². The van der Waals surface area contributed by atoms with Crippen LogP contribution in [0.15, 0.2) is 54.6 Å². The third kappa shape index (κ3) is 4.95. The molecule has 3 aromatic rings. The maximum Gasteiger partial charge on any atom is 0.339 e. The standard InChI is InChI=1S/C24H25FN2O3/c1-4-30-24(29)21-13-22(19-9-5-16(2)6-10-19)27(17(21)3)15-23(28)26-14-18-7-11-20(25)12-8-18/h5-13H,4,14-15H2,1-3H3,(H,26,28). The number of halogens is 1. The first-order chi connectivity index (χ1) is 14.4. The molecule has 1 heterocycles.